The Hall–Kier alpha value is -5.86. The van der Waals surface area contributed by atoms with Gasteiger partial charge < -0.3 is 9.55 Å². The smallest absolute Gasteiger partial charge is 0.0582 e. The van der Waals surface area contributed by atoms with Crippen LogP contribution < -0.4 is 0 Å². The molecule has 1 N–H and O–H groups in total. The maximum atomic E-state index is 4.00. The standard InChI is InChI=1S/C54H48N2/c1-28-14-16-36(22-30(28)3)38-18-20-47-43(24-38)45-26-41-33(6)35(8)50-52-42(32(5)34(7)49(51(41)52)53(45)55-47)27-46-44-25-39(37-17-15-29(2)31(4)23-37)19-21-48(44)56(54(46)50)40-12-10-9-11-13-40/h9-27,32-35,55H,1-8H3. The number of aryl methyl sites for hydroxylation is 4. The molecular weight excluding hydrogens is 677 g/mol. The van der Waals surface area contributed by atoms with E-state index in [9.17, 15) is 0 Å². The molecule has 2 aromatic heterocycles. The van der Waals surface area contributed by atoms with Gasteiger partial charge in [0.1, 0.15) is 0 Å². The topological polar surface area (TPSA) is 20.7 Å². The van der Waals surface area contributed by atoms with Crippen LogP contribution in [0.25, 0.3) is 82.7 Å². The van der Waals surface area contributed by atoms with Gasteiger partial charge in [0.05, 0.1) is 16.6 Å². The Morgan fingerprint density at radius 2 is 0.982 bits per heavy atom. The van der Waals surface area contributed by atoms with Crippen molar-refractivity contribution in [3.8, 4) is 39.1 Å². The van der Waals surface area contributed by atoms with Gasteiger partial charge in [-0.15, -0.1) is 0 Å². The van der Waals surface area contributed by atoms with E-state index >= 15 is 0 Å². The minimum atomic E-state index is 0.327. The summed E-state index contributed by atoms with van der Waals surface area (Å²) in [6.07, 6.45) is 0. The van der Waals surface area contributed by atoms with Gasteiger partial charge >= 0.3 is 0 Å². The van der Waals surface area contributed by atoms with Gasteiger partial charge in [-0.05, 0) is 178 Å². The number of aromatic nitrogens is 2. The molecule has 0 spiro atoms. The first kappa shape index (κ1) is 33.5. The summed E-state index contributed by atoms with van der Waals surface area (Å²) in [5, 5.41) is 5.40. The molecule has 56 heavy (non-hydrogen) atoms. The molecule has 0 amide bonds. The molecule has 0 bridgehead atoms. The molecule has 274 valence electrons. The zero-order valence-electron chi connectivity index (χ0n) is 33.7. The second kappa shape index (κ2) is 11.8. The molecule has 0 aliphatic heterocycles. The van der Waals surface area contributed by atoms with Gasteiger partial charge in [-0.1, -0.05) is 94.4 Å². The molecule has 0 fully saturated rings. The highest BCUT2D eigenvalue weighted by Gasteiger charge is 2.41. The molecule has 2 aliphatic carbocycles. The van der Waals surface area contributed by atoms with E-state index in [4.69, 9.17) is 0 Å². The largest absolute Gasteiger partial charge is 0.354 e. The Morgan fingerprint density at radius 1 is 0.446 bits per heavy atom. The van der Waals surface area contributed by atoms with E-state index in [1.54, 1.807) is 0 Å². The van der Waals surface area contributed by atoms with E-state index in [1.807, 2.05) is 0 Å². The predicted octanol–water partition coefficient (Wildman–Crippen LogP) is 15.1. The van der Waals surface area contributed by atoms with Crippen LogP contribution in [0.4, 0.5) is 0 Å². The minimum Gasteiger partial charge on any atom is -0.354 e. The number of hydrogen-bond acceptors (Lipinski definition) is 0. The van der Waals surface area contributed by atoms with Gasteiger partial charge in [-0.25, -0.2) is 0 Å². The highest BCUT2D eigenvalue weighted by Crippen LogP contribution is 2.61. The fourth-order valence-electron chi connectivity index (χ4n) is 10.6. The molecule has 4 unspecified atom stereocenters. The van der Waals surface area contributed by atoms with E-state index in [0.29, 0.717) is 23.7 Å². The number of benzene rings is 7. The number of aromatic amines is 1. The summed E-state index contributed by atoms with van der Waals surface area (Å²) >= 11 is 0. The minimum absolute atomic E-state index is 0.327. The highest BCUT2D eigenvalue weighted by molar-refractivity contribution is 6.16. The molecule has 4 atom stereocenters. The average Bonchev–Trinajstić information content (AvgIpc) is 3.74. The summed E-state index contributed by atoms with van der Waals surface area (Å²) in [5.74, 6) is 1.39. The highest BCUT2D eigenvalue weighted by atomic mass is 15.0. The van der Waals surface area contributed by atoms with E-state index in [-0.39, 0.29) is 0 Å². The van der Waals surface area contributed by atoms with Crippen LogP contribution in [0.3, 0.4) is 0 Å². The van der Waals surface area contributed by atoms with Crippen molar-refractivity contribution in [2.75, 3.05) is 0 Å². The molecule has 2 heteroatoms. The zero-order valence-corrected chi connectivity index (χ0v) is 33.7. The molecule has 2 heterocycles. The van der Waals surface area contributed by atoms with Gasteiger partial charge in [0.2, 0.25) is 0 Å². The molecule has 2 aliphatic rings. The SMILES string of the molecule is Cc1ccc(-c2ccc3[nH]c4c5c6c(cc4c3c2)C(C)C(C)c2c-6c(cc3c4cc(-c6ccc(C)c(C)c6)ccc4n(-c4ccccc4)c23)C(C)C5C)cc1C. The van der Waals surface area contributed by atoms with Crippen LogP contribution in [0.2, 0.25) is 0 Å². The summed E-state index contributed by atoms with van der Waals surface area (Å²) in [4.78, 5) is 4.00. The second-order valence-corrected chi connectivity index (χ2v) is 17.4. The monoisotopic (exact) mass is 724 g/mol. The van der Waals surface area contributed by atoms with Gasteiger partial charge in [0, 0.05) is 32.7 Å². The summed E-state index contributed by atoms with van der Waals surface area (Å²) in [7, 11) is 0. The molecule has 0 radical (unpaired) electrons. The molecule has 9 aromatic rings. The van der Waals surface area contributed by atoms with Crippen molar-refractivity contribution < 1.29 is 0 Å². The maximum absolute atomic E-state index is 4.00. The molecular formula is C54H48N2. The van der Waals surface area contributed by atoms with Crippen LogP contribution in [-0.2, 0) is 0 Å². The summed E-state index contributed by atoms with van der Waals surface area (Å²) in [6, 6.07) is 44.2. The number of H-pyrrole nitrogens is 1. The first-order valence-corrected chi connectivity index (χ1v) is 20.6. The van der Waals surface area contributed by atoms with Gasteiger partial charge in [-0.3, -0.25) is 0 Å². The van der Waals surface area contributed by atoms with Crippen LogP contribution in [0.5, 0.6) is 0 Å². The third-order valence-electron chi connectivity index (χ3n) is 14.4. The van der Waals surface area contributed by atoms with E-state index in [1.165, 1.54) is 127 Å². The van der Waals surface area contributed by atoms with E-state index in [2.05, 4.69) is 180 Å². The number of hydrogen-bond donors (Lipinski definition) is 1. The Kier molecular flexibility index (Phi) is 7.07. The lowest BCUT2D eigenvalue weighted by Crippen LogP contribution is -2.23. The Labute approximate surface area is 329 Å². The van der Waals surface area contributed by atoms with Crippen molar-refractivity contribution >= 4 is 43.6 Å². The molecule has 0 saturated heterocycles. The first-order chi connectivity index (χ1) is 27.1. The number of nitrogens with one attached hydrogen (secondary N) is 1. The molecule has 11 rings (SSSR count). The lowest BCUT2D eigenvalue weighted by Gasteiger charge is -2.41. The van der Waals surface area contributed by atoms with Crippen LogP contribution in [-0.4, -0.2) is 9.55 Å². The summed E-state index contributed by atoms with van der Waals surface area (Å²) in [5.41, 5.74) is 25.8. The van der Waals surface area contributed by atoms with Crippen molar-refractivity contribution in [1.29, 1.82) is 0 Å². The van der Waals surface area contributed by atoms with Gasteiger partial charge in [0.15, 0.2) is 0 Å². The zero-order chi connectivity index (χ0) is 38.3. The lowest BCUT2D eigenvalue weighted by molar-refractivity contribution is 0.585. The fourth-order valence-corrected chi connectivity index (χ4v) is 10.6. The van der Waals surface area contributed by atoms with Crippen molar-refractivity contribution in [3.63, 3.8) is 0 Å². The Morgan fingerprint density at radius 3 is 1.62 bits per heavy atom. The van der Waals surface area contributed by atoms with E-state index < -0.39 is 0 Å². The fraction of sp³-hybridized carbons (Fsp3) is 0.222. The van der Waals surface area contributed by atoms with Gasteiger partial charge in [0.25, 0.3) is 0 Å². The molecule has 2 nitrogen and oxygen atoms in total. The van der Waals surface area contributed by atoms with Crippen molar-refractivity contribution in [2.24, 2.45) is 0 Å². The molecule has 0 saturated carbocycles. The number of fused-ring (bicyclic) bond motifs is 8. The first-order valence-electron chi connectivity index (χ1n) is 20.6. The number of nitrogens with zero attached hydrogens (tertiary/aromatic N) is 1. The van der Waals surface area contributed by atoms with Crippen LogP contribution in [0, 0.1) is 27.7 Å². The third-order valence-corrected chi connectivity index (χ3v) is 14.4. The number of rotatable bonds is 3. The van der Waals surface area contributed by atoms with Crippen LogP contribution in [0.15, 0.2) is 115 Å². The van der Waals surface area contributed by atoms with E-state index in [0.717, 1.165) is 0 Å². The lowest BCUT2D eigenvalue weighted by atomic mass is 9.62. The maximum Gasteiger partial charge on any atom is 0.0582 e. The van der Waals surface area contributed by atoms with Crippen LogP contribution in [0.1, 0.15) is 95.9 Å². The quantitative estimate of drug-likeness (QED) is 0.187. The van der Waals surface area contributed by atoms with Crippen molar-refractivity contribution in [3.05, 3.63) is 160 Å². The van der Waals surface area contributed by atoms with Gasteiger partial charge in [-0.2, -0.15) is 0 Å². The van der Waals surface area contributed by atoms with Crippen molar-refractivity contribution in [2.45, 2.75) is 79.1 Å². The third kappa shape index (κ3) is 4.50. The average molecular weight is 725 g/mol. The van der Waals surface area contributed by atoms with Crippen LogP contribution >= 0.6 is 0 Å². The normalized spacial score (nSPS) is 18.7. The molecule has 7 aromatic carbocycles. The summed E-state index contributed by atoms with van der Waals surface area (Å²) in [6.45, 7) is 18.8. The predicted molar refractivity (Wildman–Crippen MR) is 239 cm³/mol. The number of para-hydroxylation sites is 1. The van der Waals surface area contributed by atoms with Crippen molar-refractivity contribution in [1.82, 2.24) is 9.55 Å². The summed E-state index contributed by atoms with van der Waals surface area (Å²) < 4.78 is 2.58. The Bertz CT molecular complexity index is 3130. The second-order valence-electron chi connectivity index (χ2n) is 17.4. The Balaban J connectivity index is 1.23.